The lowest BCUT2D eigenvalue weighted by Crippen LogP contribution is -2.39. The molecule has 7 nitrogen and oxygen atoms in total. The maximum absolute atomic E-state index is 13.0. The number of halogens is 1. The van der Waals surface area contributed by atoms with Crippen molar-refractivity contribution in [1.82, 2.24) is 0 Å². The number of benzene rings is 2. The molecular formula is C21H30ClN3O4S. The predicted octanol–water partition coefficient (Wildman–Crippen LogP) is 3.35. The maximum atomic E-state index is 13.0. The number of nitrogens with two attached hydrogens (primary N) is 1. The molecule has 0 radical (unpaired) electrons. The monoisotopic (exact) mass is 455 g/mol. The highest BCUT2D eigenvalue weighted by atomic mass is 35.5. The van der Waals surface area contributed by atoms with E-state index in [4.69, 9.17) is 26.8 Å². The van der Waals surface area contributed by atoms with Crippen LogP contribution in [0.2, 0.25) is 5.02 Å². The Morgan fingerprint density at radius 2 is 1.77 bits per heavy atom. The van der Waals surface area contributed by atoms with Gasteiger partial charge in [0.1, 0.15) is 12.4 Å². The Kier molecular flexibility index (Phi) is 9.71. The van der Waals surface area contributed by atoms with Gasteiger partial charge in [0.15, 0.2) is 0 Å². The number of sulfonamides is 1. The molecule has 0 heterocycles. The van der Waals surface area contributed by atoms with Crippen molar-refractivity contribution in [2.24, 2.45) is 5.73 Å². The SMILES string of the molecule is CC(C)S(=O)(=O)N(CCOCCN)c1ccccc1NCCOc1ccc(Cl)cc1. The van der Waals surface area contributed by atoms with Crippen molar-refractivity contribution in [3.8, 4) is 5.75 Å². The largest absolute Gasteiger partial charge is 0.492 e. The van der Waals surface area contributed by atoms with Gasteiger partial charge in [-0.2, -0.15) is 0 Å². The Hall–Kier alpha value is -2.00. The number of hydrogen-bond donors (Lipinski definition) is 2. The van der Waals surface area contributed by atoms with Gasteiger partial charge < -0.3 is 20.5 Å². The van der Waals surface area contributed by atoms with Crippen LogP contribution in [-0.2, 0) is 14.8 Å². The minimum Gasteiger partial charge on any atom is -0.492 e. The van der Waals surface area contributed by atoms with Crippen molar-refractivity contribution in [3.05, 3.63) is 53.6 Å². The maximum Gasteiger partial charge on any atom is 0.237 e. The van der Waals surface area contributed by atoms with E-state index in [0.717, 1.165) is 5.75 Å². The third-order valence-electron chi connectivity index (χ3n) is 4.28. The van der Waals surface area contributed by atoms with E-state index >= 15 is 0 Å². The number of ether oxygens (including phenoxy) is 2. The molecule has 0 aliphatic heterocycles. The molecule has 0 saturated heterocycles. The van der Waals surface area contributed by atoms with E-state index < -0.39 is 15.3 Å². The van der Waals surface area contributed by atoms with Gasteiger partial charge >= 0.3 is 0 Å². The Balaban J connectivity index is 2.08. The summed E-state index contributed by atoms with van der Waals surface area (Å²) in [5, 5.41) is 3.36. The molecule has 0 unspecified atom stereocenters. The Labute approximate surface area is 184 Å². The lowest BCUT2D eigenvalue weighted by atomic mass is 10.2. The fourth-order valence-electron chi connectivity index (χ4n) is 2.70. The number of anilines is 2. The molecular weight excluding hydrogens is 426 g/mol. The zero-order chi connectivity index (χ0) is 22.0. The first-order valence-corrected chi connectivity index (χ1v) is 11.7. The number of para-hydroxylation sites is 2. The predicted molar refractivity (Wildman–Crippen MR) is 123 cm³/mol. The topological polar surface area (TPSA) is 93.9 Å². The van der Waals surface area contributed by atoms with Gasteiger partial charge in [0, 0.05) is 18.1 Å². The molecule has 9 heteroatoms. The van der Waals surface area contributed by atoms with Crippen molar-refractivity contribution >= 4 is 33.0 Å². The van der Waals surface area contributed by atoms with Crippen LogP contribution in [0.4, 0.5) is 11.4 Å². The lowest BCUT2D eigenvalue weighted by Gasteiger charge is -2.28. The smallest absolute Gasteiger partial charge is 0.237 e. The van der Waals surface area contributed by atoms with Crippen molar-refractivity contribution in [2.75, 3.05) is 49.1 Å². The van der Waals surface area contributed by atoms with E-state index in [1.54, 1.807) is 44.2 Å². The van der Waals surface area contributed by atoms with Gasteiger partial charge in [-0.15, -0.1) is 0 Å². The molecule has 0 amide bonds. The summed E-state index contributed by atoms with van der Waals surface area (Å²) in [5.74, 6) is 0.718. The zero-order valence-corrected chi connectivity index (χ0v) is 19.0. The molecule has 0 spiro atoms. The standard InChI is InChI=1S/C21H30ClN3O4S/c1-17(2)30(26,27)25(13-16-28-14-11-23)21-6-4-3-5-20(21)24-12-15-29-19-9-7-18(22)8-10-19/h3-10,17,24H,11-16,23H2,1-2H3. The number of nitrogens with one attached hydrogen (secondary N) is 1. The molecule has 0 bridgehead atoms. The van der Waals surface area contributed by atoms with Crippen molar-refractivity contribution in [1.29, 1.82) is 0 Å². The second-order valence-corrected chi connectivity index (χ2v) is 9.66. The quantitative estimate of drug-likeness (QED) is 0.450. The molecule has 0 aromatic heterocycles. The molecule has 3 N–H and O–H groups in total. The summed E-state index contributed by atoms with van der Waals surface area (Å²) in [4.78, 5) is 0. The summed E-state index contributed by atoms with van der Waals surface area (Å²) in [7, 11) is -3.54. The van der Waals surface area contributed by atoms with Gasteiger partial charge in [-0.05, 0) is 50.2 Å². The van der Waals surface area contributed by atoms with E-state index in [0.29, 0.717) is 42.7 Å². The average molecular weight is 456 g/mol. The van der Waals surface area contributed by atoms with E-state index in [2.05, 4.69) is 5.32 Å². The van der Waals surface area contributed by atoms with E-state index in [-0.39, 0.29) is 13.2 Å². The van der Waals surface area contributed by atoms with Crippen LogP contribution in [0.3, 0.4) is 0 Å². The number of hydrogen-bond acceptors (Lipinski definition) is 6. The summed E-state index contributed by atoms with van der Waals surface area (Å²) < 4.78 is 38.5. The summed E-state index contributed by atoms with van der Waals surface area (Å²) in [6, 6.07) is 14.4. The Bertz CT molecular complexity index is 876. The van der Waals surface area contributed by atoms with Gasteiger partial charge in [-0.25, -0.2) is 8.42 Å². The highest BCUT2D eigenvalue weighted by Crippen LogP contribution is 2.29. The van der Waals surface area contributed by atoms with Gasteiger partial charge in [0.2, 0.25) is 10.0 Å². The van der Waals surface area contributed by atoms with E-state index in [1.165, 1.54) is 4.31 Å². The first-order valence-electron chi connectivity index (χ1n) is 9.87. The van der Waals surface area contributed by atoms with Gasteiger partial charge in [0.25, 0.3) is 0 Å². The molecule has 0 fully saturated rings. The lowest BCUT2D eigenvalue weighted by molar-refractivity contribution is 0.149. The van der Waals surface area contributed by atoms with Crippen molar-refractivity contribution in [3.63, 3.8) is 0 Å². The molecule has 2 aromatic carbocycles. The molecule has 30 heavy (non-hydrogen) atoms. The van der Waals surface area contributed by atoms with Crippen molar-refractivity contribution < 1.29 is 17.9 Å². The van der Waals surface area contributed by atoms with Crippen LogP contribution in [0, 0.1) is 0 Å². The molecule has 0 aliphatic carbocycles. The van der Waals surface area contributed by atoms with Gasteiger partial charge in [-0.3, -0.25) is 4.31 Å². The first-order chi connectivity index (χ1) is 14.4. The van der Waals surface area contributed by atoms with E-state index in [1.807, 2.05) is 18.2 Å². The van der Waals surface area contributed by atoms with Crippen LogP contribution < -0.4 is 20.1 Å². The first kappa shape index (κ1) is 24.3. The van der Waals surface area contributed by atoms with E-state index in [9.17, 15) is 8.42 Å². The zero-order valence-electron chi connectivity index (χ0n) is 17.4. The Morgan fingerprint density at radius 1 is 1.07 bits per heavy atom. The highest BCUT2D eigenvalue weighted by Gasteiger charge is 2.27. The van der Waals surface area contributed by atoms with Gasteiger partial charge in [-0.1, -0.05) is 23.7 Å². The molecule has 0 saturated carbocycles. The molecule has 0 atom stereocenters. The summed E-state index contributed by atoms with van der Waals surface area (Å²) in [5.41, 5.74) is 6.73. The highest BCUT2D eigenvalue weighted by molar-refractivity contribution is 7.93. The summed E-state index contributed by atoms with van der Waals surface area (Å²) in [6.07, 6.45) is 0. The van der Waals surface area contributed by atoms with Crippen LogP contribution in [-0.4, -0.2) is 53.1 Å². The summed E-state index contributed by atoms with van der Waals surface area (Å²) >= 11 is 5.88. The van der Waals surface area contributed by atoms with Crippen LogP contribution in [0.1, 0.15) is 13.8 Å². The van der Waals surface area contributed by atoms with Crippen LogP contribution in [0.5, 0.6) is 5.75 Å². The molecule has 2 rings (SSSR count). The minimum atomic E-state index is -3.54. The normalized spacial score (nSPS) is 11.5. The number of nitrogens with zero attached hydrogens (tertiary/aromatic N) is 1. The number of rotatable bonds is 13. The fraction of sp³-hybridized carbons (Fsp3) is 0.429. The minimum absolute atomic E-state index is 0.209. The molecule has 2 aromatic rings. The Morgan fingerprint density at radius 3 is 2.43 bits per heavy atom. The van der Waals surface area contributed by atoms with Crippen LogP contribution >= 0.6 is 11.6 Å². The third-order valence-corrected chi connectivity index (χ3v) is 6.71. The average Bonchev–Trinajstić information content (AvgIpc) is 2.73. The van der Waals surface area contributed by atoms with Crippen molar-refractivity contribution in [2.45, 2.75) is 19.1 Å². The fourth-order valence-corrected chi connectivity index (χ4v) is 4.10. The van der Waals surface area contributed by atoms with Gasteiger partial charge in [0.05, 0.1) is 36.4 Å². The second kappa shape index (κ2) is 12.0. The second-order valence-electron chi connectivity index (χ2n) is 6.81. The molecule has 0 aliphatic rings. The van der Waals surface area contributed by atoms with Crippen LogP contribution in [0.25, 0.3) is 0 Å². The molecule has 166 valence electrons. The van der Waals surface area contributed by atoms with Crippen LogP contribution in [0.15, 0.2) is 48.5 Å². The summed E-state index contributed by atoms with van der Waals surface area (Å²) in [6.45, 7) is 5.49. The third kappa shape index (κ3) is 7.05.